The van der Waals surface area contributed by atoms with Crippen molar-refractivity contribution < 1.29 is 9.59 Å². The van der Waals surface area contributed by atoms with Crippen molar-refractivity contribution in [2.75, 3.05) is 6.54 Å². The third kappa shape index (κ3) is 4.73. The fourth-order valence-electron chi connectivity index (χ4n) is 3.86. The van der Waals surface area contributed by atoms with Gasteiger partial charge in [-0.15, -0.1) is 0 Å². The molecule has 2 unspecified atom stereocenters. The van der Waals surface area contributed by atoms with Gasteiger partial charge in [0, 0.05) is 33.9 Å². The average Bonchev–Trinajstić information content (AvgIpc) is 3.12. The lowest BCUT2D eigenvalue weighted by Crippen LogP contribution is -2.43. The molecule has 1 aliphatic heterocycles. The van der Waals surface area contributed by atoms with E-state index in [-0.39, 0.29) is 29.7 Å². The molecule has 0 bridgehead atoms. The molecule has 2 aromatic rings. The van der Waals surface area contributed by atoms with Gasteiger partial charge in [0.25, 0.3) is 5.56 Å². The Bertz CT molecular complexity index is 1060. The zero-order valence-corrected chi connectivity index (χ0v) is 18.6. The first kappa shape index (κ1) is 22.0. The highest BCUT2D eigenvalue weighted by Gasteiger charge is 2.30. The number of pyridine rings is 1. The van der Waals surface area contributed by atoms with E-state index in [1.54, 1.807) is 18.3 Å². The first-order chi connectivity index (χ1) is 14.3. The quantitative estimate of drug-likeness (QED) is 0.646. The monoisotopic (exact) mass is 472 g/mol. The van der Waals surface area contributed by atoms with Gasteiger partial charge < -0.3 is 15.2 Å². The van der Waals surface area contributed by atoms with Gasteiger partial charge in [-0.05, 0) is 47.2 Å². The topological polar surface area (TPSA) is 104 Å². The van der Waals surface area contributed by atoms with Crippen LogP contribution in [-0.4, -0.2) is 29.0 Å². The van der Waals surface area contributed by atoms with Gasteiger partial charge in [-0.3, -0.25) is 14.4 Å². The highest BCUT2D eigenvalue weighted by atomic mass is 79.9. The summed E-state index contributed by atoms with van der Waals surface area (Å²) in [5, 5.41) is 16.3. The molecule has 0 aliphatic carbocycles. The number of carbonyl (C=O) groups excluding carboxylic acids is 2. The third-order valence-electron chi connectivity index (χ3n) is 5.39. The van der Waals surface area contributed by atoms with E-state index < -0.39 is 18.0 Å². The van der Waals surface area contributed by atoms with Crippen LogP contribution in [0.15, 0.2) is 39.7 Å². The maximum absolute atomic E-state index is 13.2. The van der Waals surface area contributed by atoms with E-state index in [1.165, 1.54) is 4.57 Å². The molecule has 1 aromatic carbocycles. The fraction of sp³-hybridized carbons (Fsp3) is 0.455. The minimum atomic E-state index is -0.791. The molecular weight excluding hydrogens is 448 g/mol. The summed E-state index contributed by atoms with van der Waals surface area (Å²) < 4.78 is 2.16. The molecule has 8 heteroatoms. The molecule has 2 amide bonds. The predicted octanol–water partition coefficient (Wildman–Crippen LogP) is 2.89. The average molecular weight is 473 g/mol. The summed E-state index contributed by atoms with van der Waals surface area (Å²) >= 11 is 3.51. The van der Waals surface area contributed by atoms with Crippen molar-refractivity contribution in [3.8, 4) is 6.07 Å². The molecule has 1 fully saturated rings. The minimum absolute atomic E-state index is 0.0853. The molecular formula is C22H25BrN4O3. The van der Waals surface area contributed by atoms with Crippen molar-refractivity contribution in [1.29, 1.82) is 5.26 Å². The molecule has 1 aromatic heterocycles. The Morgan fingerprint density at radius 2 is 2.03 bits per heavy atom. The molecule has 2 heterocycles. The third-order valence-corrected chi connectivity index (χ3v) is 6.02. The number of nitriles is 1. The van der Waals surface area contributed by atoms with Gasteiger partial charge in [0.2, 0.25) is 11.8 Å². The summed E-state index contributed by atoms with van der Waals surface area (Å²) in [5.41, 5.74) is -0.252. The maximum Gasteiger partial charge on any atom is 0.259 e. The number of aromatic nitrogens is 1. The van der Waals surface area contributed by atoms with E-state index in [4.69, 9.17) is 0 Å². The molecule has 30 heavy (non-hydrogen) atoms. The van der Waals surface area contributed by atoms with Crippen molar-refractivity contribution in [2.24, 2.45) is 11.8 Å². The number of carbonyl (C=O) groups is 2. The summed E-state index contributed by atoms with van der Waals surface area (Å²) in [6.45, 7) is 4.55. The van der Waals surface area contributed by atoms with Crippen LogP contribution in [0.4, 0.5) is 0 Å². The summed E-state index contributed by atoms with van der Waals surface area (Å²) in [6.07, 6.45) is 3.00. The fourth-order valence-corrected chi connectivity index (χ4v) is 4.42. The second kappa shape index (κ2) is 9.43. The Kier molecular flexibility index (Phi) is 6.93. The summed E-state index contributed by atoms with van der Waals surface area (Å²) in [6, 6.07) is 7.76. The van der Waals surface area contributed by atoms with Gasteiger partial charge in [-0.2, -0.15) is 5.26 Å². The van der Waals surface area contributed by atoms with Crippen molar-refractivity contribution in [2.45, 2.75) is 45.2 Å². The number of hydrogen-bond donors (Lipinski definition) is 2. The number of fused-ring (bicyclic) bond motifs is 1. The zero-order valence-electron chi connectivity index (χ0n) is 17.0. The van der Waals surface area contributed by atoms with Crippen LogP contribution in [0.1, 0.15) is 39.2 Å². The summed E-state index contributed by atoms with van der Waals surface area (Å²) in [5.74, 6) is -0.606. The number of nitrogens with zero attached hydrogens (tertiary/aromatic N) is 2. The molecule has 2 N–H and O–H groups in total. The summed E-state index contributed by atoms with van der Waals surface area (Å²) in [4.78, 5) is 38.1. The molecule has 0 spiro atoms. The lowest BCUT2D eigenvalue weighted by Gasteiger charge is -2.24. The van der Waals surface area contributed by atoms with E-state index in [0.29, 0.717) is 24.8 Å². The number of benzene rings is 1. The molecule has 3 rings (SSSR count). The molecule has 0 radical (unpaired) electrons. The molecule has 1 saturated heterocycles. The van der Waals surface area contributed by atoms with E-state index >= 15 is 0 Å². The SMILES string of the molecule is CC(C)CC(C(=O)N[C@H](C#N)CC1CCNC1=O)n1cc(Br)c2ccccc2c1=O. The van der Waals surface area contributed by atoms with E-state index in [0.717, 1.165) is 9.86 Å². The Balaban J connectivity index is 1.90. The van der Waals surface area contributed by atoms with Crippen molar-refractivity contribution in [3.63, 3.8) is 0 Å². The smallest absolute Gasteiger partial charge is 0.259 e. The van der Waals surface area contributed by atoms with Gasteiger partial charge in [0.1, 0.15) is 12.1 Å². The number of nitrogens with one attached hydrogen (secondary N) is 2. The second-order valence-corrected chi connectivity index (χ2v) is 8.94. The van der Waals surface area contributed by atoms with Gasteiger partial charge in [0.15, 0.2) is 0 Å². The molecule has 3 atom stereocenters. The lowest BCUT2D eigenvalue weighted by atomic mass is 9.98. The highest BCUT2D eigenvalue weighted by molar-refractivity contribution is 9.10. The Labute approximate surface area is 183 Å². The largest absolute Gasteiger partial charge is 0.356 e. The first-order valence-corrected chi connectivity index (χ1v) is 10.9. The van der Waals surface area contributed by atoms with Crippen LogP contribution in [-0.2, 0) is 9.59 Å². The summed E-state index contributed by atoms with van der Waals surface area (Å²) in [7, 11) is 0. The van der Waals surface area contributed by atoms with Gasteiger partial charge in [0.05, 0.1) is 6.07 Å². The van der Waals surface area contributed by atoms with Crippen molar-refractivity contribution in [3.05, 3.63) is 45.3 Å². The Morgan fingerprint density at radius 1 is 1.33 bits per heavy atom. The van der Waals surface area contributed by atoms with Gasteiger partial charge >= 0.3 is 0 Å². The molecule has 1 aliphatic rings. The van der Waals surface area contributed by atoms with Crippen LogP contribution in [0.5, 0.6) is 0 Å². The molecule has 7 nitrogen and oxygen atoms in total. The van der Waals surface area contributed by atoms with Crippen LogP contribution < -0.4 is 16.2 Å². The van der Waals surface area contributed by atoms with Gasteiger partial charge in [-0.1, -0.05) is 32.0 Å². The van der Waals surface area contributed by atoms with Crippen LogP contribution in [0.25, 0.3) is 10.8 Å². The Morgan fingerprint density at radius 3 is 2.63 bits per heavy atom. The van der Waals surface area contributed by atoms with Crippen LogP contribution >= 0.6 is 15.9 Å². The number of halogens is 1. The minimum Gasteiger partial charge on any atom is -0.356 e. The zero-order chi connectivity index (χ0) is 21.8. The van der Waals surface area contributed by atoms with Crippen LogP contribution in [0, 0.1) is 23.2 Å². The second-order valence-electron chi connectivity index (χ2n) is 8.08. The molecule has 158 valence electrons. The van der Waals surface area contributed by atoms with Crippen LogP contribution in [0.3, 0.4) is 0 Å². The number of hydrogen-bond acceptors (Lipinski definition) is 4. The highest BCUT2D eigenvalue weighted by Crippen LogP contribution is 2.25. The molecule has 0 saturated carbocycles. The maximum atomic E-state index is 13.2. The standard InChI is InChI=1S/C22H25BrN4O3/c1-13(2)9-19(21(29)26-15(11-24)10-14-7-8-25-20(14)28)27-12-18(23)16-5-3-4-6-17(16)22(27)30/h3-6,12-15,19H,7-10H2,1-2H3,(H,25,28)(H,26,29)/t14?,15-,19?/m0/s1. The van der Waals surface area contributed by atoms with E-state index in [9.17, 15) is 19.6 Å². The number of amides is 2. The lowest BCUT2D eigenvalue weighted by molar-refractivity contribution is -0.126. The van der Waals surface area contributed by atoms with Crippen molar-refractivity contribution in [1.82, 2.24) is 15.2 Å². The van der Waals surface area contributed by atoms with E-state index in [1.807, 2.05) is 26.0 Å². The van der Waals surface area contributed by atoms with E-state index in [2.05, 4.69) is 32.6 Å². The predicted molar refractivity (Wildman–Crippen MR) is 118 cm³/mol. The van der Waals surface area contributed by atoms with Crippen LogP contribution in [0.2, 0.25) is 0 Å². The van der Waals surface area contributed by atoms with Gasteiger partial charge in [-0.25, -0.2) is 0 Å². The number of rotatable bonds is 7. The Hall–Kier alpha value is -2.66. The first-order valence-electron chi connectivity index (χ1n) is 10.1. The van der Waals surface area contributed by atoms with Crippen molar-refractivity contribution >= 4 is 38.5 Å². The normalized spacial score (nSPS) is 18.1.